The first kappa shape index (κ1) is 19.5. The monoisotopic (exact) mass is 407 g/mol. The van der Waals surface area contributed by atoms with Crippen LogP contribution in [0, 0.1) is 5.92 Å². The Bertz CT molecular complexity index is 1010. The van der Waals surface area contributed by atoms with Crippen LogP contribution < -0.4 is 10.2 Å². The quantitative estimate of drug-likeness (QED) is 0.636. The van der Waals surface area contributed by atoms with Gasteiger partial charge < -0.3 is 15.0 Å². The predicted molar refractivity (Wildman–Crippen MR) is 108 cm³/mol. The molecule has 0 saturated carbocycles. The molecule has 3 heterocycles. The summed E-state index contributed by atoms with van der Waals surface area (Å²) in [6, 6.07) is 8.52. The van der Waals surface area contributed by atoms with Crippen LogP contribution in [0.1, 0.15) is 23.2 Å². The molecule has 154 valence electrons. The molecule has 4 rings (SSSR count). The molecule has 1 fully saturated rings. The second-order valence-corrected chi connectivity index (χ2v) is 6.89. The van der Waals surface area contributed by atoms with Gasteiger partial charge in [0.05, 0.1) is 12.7 Å². The summed E-state index contributed by atoms with van der Waals surface area (Å²) in [6.07, 6.45) is 5.97. The lowest BCUT2D eigenvalue weighted by Gasteiger charge is -2.32. The molecule has 10 heteroatoms. The van der Waals surface area contributed by atoms with E-state index in [1.54, 1.807) is 35.3 Å². The smallest absolute Gasteiger partial charge is 0.337 e. The van der Waals surface area contributed by atoms with Crippen molar-refractivity contribution in [3.05, 3.63) is 54.9 Å². The molecule has 1 aliphatic heterocycles. The molecule has 0 aliphatic carbocycles. The third-order valence-corrected chi connectivity index (χ3v) is 5.05. The second kappa shape index (κ2) is 8.68. The summed E-state index contributed by atoms with van der Waals surface area (Å²) in [5.41, 5.74) is 1.10. The lowest BCUT2D eigenvalue weighted by Crippen LogP contribution is -2.38. The van der Waals surface area contributed by atoms with Crippen LogP contribution in [0.2, 0.25) is 0 Å². The number of aromatic nitrogens is 5. The van der Waals surface area contributed by atoms with E-state index in [0.717, 1.165) is 18.7 Å². The Morgan fingerprint density at radius 1 is 1.07 bits per heavy atom. The standard InChI is InChI=1S/C20H21N7O3/c1-30-20(29)15-2-4-16(5-3-15)25-19(28)14-6-8-26(9-7-14)17-10-18(23-12-22-17)27-13-21-11-24-27/h2-5,10-14H,6-9H2,1H3,(H,25,28). The van der Waals surface area contributed by atoms with Gasteiger partial charge in [-0.3, -0.25) is 4.79 Å². The van der Waals surface area contributed by atoms with E-state index < -0.39 is 5.97 Å². The largest absolute Gasteiger partial charge is 0.465 e. The number of hydrogen-bond donors (Lipinski definition) is 1. The van der Waals surface area contributed by atoms with E-state index >= 15 is 0 Å². The number of ether oxygens (including phenoxy) is 1. The summed E-state index contributed by atoms with van der Waals surface area (Å²) in [6.45, 7) is 1.43. The summed E-state index contributed by atoms with van der Waals surface area (Å²) in [4.78, 5) is 38.8. The number of rotatable bonds is 5. The number of methoxy groups -OCH3 is 1. The first-order chi connectivity index (χ1) is 14.6. The lowest BCUT2D eigenvalue weighted by atomic mass is 9.95. The Labute approximate surface area is 172 Å². The van der Waals surface area contributed by atoms with Crippen LogP contribution in [0.15, 0.2) is 49.3 Å². The maximum Gasteiger partial charge on any atom is 0.337 e. The fourth-order valence-corrected chi connectivity index (χ4v) is 3.38. The maximum atomic E-state index is 12.6. The van der Waals surface area contributed by atoms with E-state index in [4.69, 9.17) is 0 Å². The molecule has 0 bridgehead atoms. The van der Waals surface area contributed by atoms with Crippen LogP contribution in [0.25, 0.3) is 5.82 Å². The zero-order valence-electron chi connectivity index (χ0n) is 16.4. The highest BCUT2D eigenvalue weighted by atomic mass is 16.5. The van der Waals surface area contributed by atoms with E-state index in [2.05, 4.69) is 35.0 Å². The summed E-state index contributed by atoms with van der Waals surface area (Å²) in [5.74, 6) is 0.932. The van der Waals surface area contributed by atoms with Gasteiger partial charge in [-0.1, -0.05) is 0 Å². The number of nitrogens with zero attached hydrogens (tertiary/aromatic N) is 6. The van der Waals surface area contributed by atoms with Gasteiger partial charge in [0.2, 0.25) is 5.91 Å². The number of hydrogen-bond acceptors (Lipinski definition) is 8. The molecule has 0 spiro atoms. The molecule has 1 aliphatic rings. The zero-order valence-corrected chi connectivity index (χ0v) is 16.4. The number of carbonyl (C=O) groups excluding carboxylic acids is 2. The second-order valence-electron chi connectivity index (χ2n) is 6.89. The van der Waals surface area contributed by atoms with Crippen molar-refractivity contribution < 1.29 is 14.3 Å². The predicted octanol–water partition coefficient (Wildman–Crippen LogP) is 1.70. The highest BCUT2D eigenvalue weighted by Gasteiger charge is 2.26. The van der Waals surface area contributed by atoms with Gasteiger partial charge in [-0.15, -0.1) is 0 Å². The number of piperidine rings is 1. The molecular formula is C20H21N7O3. The molecule has 0 radical (unpaired) electrons. The first-order valence-corrected chi connectivity index (χ1v) is 9.55. The van der Waals surface area contributed by atoms with Crippen molar-refractivity contribution in [2.75, 3.05) is 30.4 Å². The van der Waals surface area contributed by atoms with E-state index in [1.165, 1.54) is 19.8 Å². The van der Waals surface area contributed by atoms with Crippen LogP contribution in [0.4, 0.5) is 11.5 Å². The highest BCUT2D eigenvalue weighted by Crippen LogP contribution is 2.24. The van der Waals surface area contributed by atoms with Crippen molar-refractivity contribution in [3.63, 3.8) is 0 Å². The van der Waals surface area contributed by atoms with Crippen molar-refractivity contribution in [2.24, 2.45) is 5.92 Å². The van der Waals surface area contributed by atoms with Crippen LogP contribution >= 0.6 is 0 Å². The van der Waals surface area contributed by atoms with E-state index in [-0.39, 0.29) is 11.8 Å². The van der Waals surface area contributed by atoms with Gasteiger partial charge in [-0.25, -0.2) is 24.4 Å². The van der Waals surface area contributed by atoms with Crippen LogP contribution in [0.5, 0.6) is 0 Å². The maximum absolute atomic E-state index is 12.6. The van der Waals surface area contributed by atoms with Gasteiger partial charge in [0.1, 0.15) is 24.8 Å². The normalized spacial score (nSPS) is 14.4. The van der Waals surface area contributed by atoms with Gasteiger partial charge in [0.15, 0.2) is 5.82 Å². The van der Waals surface area contributed by atoms with Crippen molar-refractivity contribution >= 4 is 23.4 Å². The topological polar surface area (TPSA) is 115 Å². The first-order valence-electron chi connectivity index (χ1n) is 9.55. The van der Waals surface area contributed by atoms with Crippen LogP contribution in [0.3, 0.4) is 0 Å². The van der Waals surface area contributed by atoms with Gasteiger partial charge >= 0.3 is 5.97 Å². The molecule has 0 unspecified atom stereocenters. The Hall–Kier alpha value is -3.82. The SMILES string of the molecule is COC(=O)c1ccc(NC(=O)C2CCN(c3cc(-n4cncn4)ncn3)CC2)cc1. The zero-order chi connectivity index (χ0) is 20.9. The van der Waals surface area contributed by atoms with E-state index in [1.807, 2.05) is 6.07 Å². The van der Waals surface area contributed by atoms with Crippen molar-refractivity contribution in [1.82, 2.24) is 24.7 Å². The molecule has 0 atom stereocenters. The van der Waals surface area contributed by atoms with Crippen molar-refractivity contribution in [3.8, 4) is 5.82 Å². The minimum Gasteiger partial charge on any atom is -0.465 e. The number of amides is 1. The molecule has 1 saturated heterocycles. The van der Waals surface area contributed by atoms with Gasteiger partial charge in [0, 0.05) is 30.8 Å². The summed E-state index contributed by atoms with van der Waals surface area (Å²) < 4.78 is 6.26. The average molecular weight is 407 g/mol. The van der Waals surface area contributed by atoms with Gasteiger partial charge in [-0.2, -0.15) is 5.10 Å². The molecule has 10 nitrogen and oxygen atoms in total. The third-order valence-electron chi connectivity index (χ3n) is 5.05. The lowest BCUT2D eigenvalue weighted by molar-refractivity contribution is -0.120. The van der Waals surface area contributed by atoms with E-state index in [9.17, 15) is 9.59 Å². The Balaban J connectivity index is 1.34. The highest BCUT2D eigenvalue weighted by molar-refractivity contribution is 5.94. The van der Waals surface area contributed by atoms with Crippen LogP contribution in [-0.4, -0.2) is 56.8 Å². The molecule has 2 aromatic heterocycles. The van der Waals surface area contributed by atoms with Gasteiger partial charge in [-0.05, 0) is 37.1 Å². The molecule has 3 aromatic rings. The number of esters is 1. The Kier molecular flexibility index (Phi) is 5.64. The number of benzene rings is 1. The Morgan fingerprint density at radius 2 is 1.80 bits per heavy atom. The van der Waals surface area contributed by atoms with Crippen molar-refractivity contribution in [1.29, 1.82) is 0 Å². The number of anilines is 2. The molecular weight excluding hydrogens is 386 g/mol. The molecule has 30 heavy (non-hydrogen) atoms. The fourth-order valence-electron chi connectivity index (χ4n) is 3.38. The Morgan fingerprint density at radius 3 is 2.47 bits per heavy atom. The van der Waals surface area contributed by atoms with Crippen LogP contribution in [-0.2, 0) is 9.53 Å². The minimum absolute atomic E-state index is 0.0218. The number of nitrogens with one attached hydrogen (secondary N) is 1. The third kappa shape index (κ3) is 4.27. The van der Waals surface area contributed by atoms with Gasteiger partial charge in [0.25, 0.3) is 0 Å². The van der Waals surface area contributed by atoms with Crippen molar-refractivity contribution in [2.45, 2.75) is 12.8 Å². The summed E-state index contributed by atoms with van der Waals surface area (Å²) >= 11 is 0. The number of carbonyl (C=O) groups is 2. The molecule has 1 amide bonds. The van der Waals surface area contributed by atoms with E-state index in [0.29, 0.717) is 30.2 Å². The molecule has 1 aromatic carbocycles. The minimum atomic E-state index is -0.406. The molecule has 1 N–H and O–H groups in total. The summed E-state index contributed by atoms with van der Waals surface area (Å²) in [5, 5.41) is 7.01. The average Bonchev–Trinajstić information content (AvgIpc) is 3.34. The summed E-state index contributed by atoms with van der Waals surface area (Å²) in [7, 11) is 1.33. The fraction of sp³-hybridized carbons (Fsp3) is 0.300.